The van der Waals surface area contributed by atoms with Crippen LogP contribution in [-0.2, 0) is 0 Å². The molecule has 0 aliphatic heterocycles. The normalized spacial score (nSPS) is 11.6. The first-order valence-corrected chi connectivity index (χ1v) is 14.8. The van der Waals surface area contributed by atoms with Crippen LogP contribution in [0.25, 0.3) is 83.1 Å². The first-order chi connectivity index (χ1) is 21.8. The highest BCUT2D eigenvalue weighted by Gasteiger charge is 2.16. The van der Waals surface area contributed by atoms with Gasteiger partial charge in [0.25, 0.3) is 0 Å². The Morgan fingerprint density at radius 2 is 1.09 bits per heavy atom. The number of fused-ring (bicyclic) bond motifs is 6. The third-order valence-corrected chi connectivity index (χ3v) is 8.55. The number of pyridine rings is 1. The summed E-state index contributed by atoms with van der Waals surface area (Å²) >= 11 is 0. The molecule has 9 rings (SSSR count). The molecule has 4 nitrogen and oxygen atoms in total. The minimum atomic E-state index is 0.805. The van der Waals surface area contributed by atoms with Gasteiger partial charge in [-0.3, -0.25) is 4.40 Å². The van der Waals surface area contributed by atoms with Gasteiger partial charge in [-0.25, -0.2) is 0 Å². The van der Waals surface area contributed by atoms with Gasteiger partial charge in [0, 0.05) is 39.0 Å². The molecule has 3 heterocycles. The van der Waals surface area contributed by atoms with Crippen LogP contribution in [0.4, 0.5) is 0 Å². The lowest BCUT2D eigenvalue weighted by molar-refractivity contribution is 0.670. The van der Waals surface area contributed by atoms with E-state index in [9.17, 15) is 0 Å². The average Bonchev–Trinajstić information content (AvgIpc) is 3.70. The molecule has 6 aromatic carbocycles. The summed E-state index contributed by atoms with van der Waals surface area (Å²) in [7, 11) is 0. The van der Waals surface area contributed by atoms with Crippen LogP contribution in [0.15, 0.2) is 156 Å². The first kappa shape index (κ1) is 24.6. The molecular weight excluding hydrogens is 538 g/mol. The summed E-state index contributed by atoms with van der Waals surface area (Å²) in [4.78, 5) is 0. The lowest BCUT2D eigenvalue weighted by atomic mass is 9.96. The average molecular weight is 564 g/mol. The molecule has 0 N–H and O–H groups in total. The van der Waals surface area contributed by atoms with Gasteiger partial charge in [0.1, 0.15) is 11.2 Å². The largest absolute Gasteiger partial charge is 0.455 e. The lowest BCUT2D eigenvalue weighted by Gasteiger charge is -2.12. The molecule has 3 aromatic heterocycles. The Bertz CT molecular complexity index is 2490. The summed E-state index contributed by atoms with van der Waals surface area (Å²) in [6, 6.07) is 50.8. The van der Waals surface area contributed by atoms with E-state index in [1.54, 1.807) is 0 Å². The molecular formula is C40H25N3O. The Balaban J connectivity index is 1.17. The summed E-state index contributed by atoms with van der Waals surface area (Å²) in [5.74, 6) is 0.805. The highest BCUT2D eigenvalue weighted by molar-refractivity contribution is 6.09. The van der Waals surface area contributed by atoms with Crippen molar-refractivity contribution in [3.05, 3.63) is 152 Å². The molecule has 9 aromatic rings. The fourth-order valence-electron chi connectivity index (χ4n) is 6.41. The summed E-state index contributed by atoms with van der Waals surface area (Å²) in [6.45, 7) is 0. The Hall–Kier alpha value is -6.00. The Morgan fingerprint density at radius 3 is 1.95 bits per heavy atom. The van der Waals surface area contributed by atoms with E-state index in [1.807, 2.05) is 18.2 Å². The number of aromatic nitrogens is 3. The molecule has 0 bridgehead atoms. The van der Waals surface area contributed by atoms with Crippen LogP contribution in [0.2, 0.25) is 0 Å². The topological polar surface area (TPSA) is 43.3 Å². The van der Waals surface area contributed by atoms with E-state index < -0.39 is 0 Å². The van der Waals surface area contributed by atoms with E-state index in [0.717, 1.165) is 72.0 Å². The highest BCUT2D eigenvalue weighted by Crippen LogP contribution is 2.37. The molecule has 0 saturated carbocycles. The number of para-hydroxylation sites is 2. The number of hydrogen-bond donors (Lipinski definition) is 0. The van der Waals surface area contributed by atoms with Crippen LogP contribution in [0.1, 0.15) is 0 Å². The second-order valence-corrected chi connectivity index (χ2v) is 11.1. The van der Waals surface area contributed by atoms with Crippen LogP contribution in [0, 0.1) is 0 Å². The van der Waals surface area contributed by atoms with Crippen LogP contribution in [0.5, 0.6) is 0 Å². The maximum absolute atomic E-state index is 6.30. The minimum absolute atomic E-state index is 0.805. The van der Waals surface area contributed by atoms with E-state index in [2.05, 4.69) is 143 Å². The quantitative estimate of drug-likeness (QED) is 0.214. The van der Waals surface area contributed by atoms with Crippen molar-refractivity contribution in [3.8, 4) is 44.8 Å². The van der Waals surface area contributed by atoms with Gasteiger partial charge in [-0.15, -0.1) is 10.2 Å². The zero-order valence-electron chi connectivity index (χ0n) is 23.7. The van der Waals surface area contributed by atoms with Gasteiger partial charge < -0.3 is 4.42 Å². The molecule has 4 heteroatoms. The van der Waals surface area contributed by atoms with Crippen molar-refractivity contribution in [2.75, 3.05) is 0 Å². The predicted octanol–water partition coefficient (Wildman–Crippen LogP) is 10.4. The van der Waals surface area contributed by atoms with Crippen molar-refractivity contribution in [3.63, 3.8) is 0 Å². The van der Waals surface area contributed by atoms with Gasteiger partial charge in [-0.2, -0.15) is 0 Å². The maximum Gasteiger partial charge on any atom is 0.169 e. The zero-order chi connectivity index (χ0) is 29.0. The van der Waals surface area contributed by atoms with Gasteiger partial charge in [0.15, 0.2) is 11.5 Å². The SMILES string of the molecule is c1ccc(-c2cccc(-c3cn4c(-c5ccc(-c6cccc7c6oc6ccccc67)cc5)nnc4c4ccccc34)c2)cc1. The molecule has 0 aliphatic carbocycles. The Kier molecular flexibility index (Phi) is 5.47. The van der Waals surface area contributed by atoms with Gasteiger partial charge in [0.05, 0.1) is 0 Å². The molecule has 0 amide bonds. The second kappa shape index (κ2) is 9.79. The van der Waals surface area contributed by atoms with E-state index in [0.29, 0.717) is 0 Å². The number of hydrogen-bond acceptors (Lipinski definition) is 3. The van der Waals surface area contributed by atoms with Crippen molar-refractivity contribution in [2.45, 2.75) is 0 Å². The van der Waals surface area contributed by atoms with Crippen molar-refractivity contribution >= 4 is 38.4 Å². The van der Waals surface area contributed by atoms with Crippen LogP contribution in [-0.4, -0.2) is 14.6 Å². The highest BCUT2D eigenvalue weighted by atomic mass is 16.3. The first-order valence-electron chi connectivity index (χ1n) is 14.8. The standard InChI is InChI=1S/C40H25N3O/c1-2-10-26(11-3-1)29-12-8-13-30(24-29)36-25-43-39(41-42-40(43)35-16-5-4-14-32(35)36)28-22-20-27(21-23-28)31-17-9-18-34-33-15-6-7-19-37(33)44-38(31)34/h1-25H. The molecule has 0 unspecified atom stereocenters. The molecule has 0 fully saturated rings. The molecule has 0 aliphatic rings. The van der Waals surface area contributed by atoms with Crippen LogP contribution >= 0.6 is 0 Å². The van der Waals surface area contributed by atoms with Crippen molar-refractivity contribution in [1.29, 1.82) is 0 Å². The number of benzene rings is 6. The van der Waals surface area contributed by atoms with Gasteiger partial charge >= 0.3 is 0 Å². The third-order valence-electron chi connectivity index (χ3n) is 8.55. The summed E-state index contributed by atoms with van der Waals surface area (Å²) < 4.78 is 8.43. The molecule has 206 valence electrons. The smallest absolute Gasteiger partial charge is 0.169 e. The minimum Gasteiger partial charge on any atom is -0.455 e. The summed E-state index contributed by atoms with van der Waals surface area (Å²) in [6.07, 6.45) is 2.18. The van der Waals surface area contributed by atoms with Gasteiger partial charge in [0.2, 0.25) is 0 Å². The molecule has 0 atom stereocenters. The summed E-state index contributed by atoms with van der Waals surface area (Å²) in [5.41, 5.74) is 10.5. The zero-order valence-corrected chi connectivity index (χ0v) is 23.7. The predicted molar refractivity (Wildman–Crippen MR) is 180 cm³/mol. The van der Waals surface area contributed by atoms with Crippen molar-refractivity contribution in [1.82, 2.24) is 14.6 Å². The van der Waals surface area contributed by atoms with E-state index >= 15 is 0 Å². The van der Waals surface area contributed by atoms with Gasteiger partial charge in [-0.1, -0.05) is 133 Å². The van der Waals surface area contributed by atoms with Crippen LogP contribution in [0.3, 0.4) is 0 Å². The summed E-state index contributed by atoms with van der Waals surface area (Å²) in [5, 5.41) is 13.8. The molecule has 0 radical (unpaired) electrons. The Labute approximate surface area is 253 Å². The maximum atomic E-state index is 6.30. The van der Waals surface area contributed by atoms with E-state index in [1.165, 1.54) is 11.1 Å². The lowest BCUT2D eigenvalue weighted by Crippen LogP contribution is -1.94. The Morgan fingerprint density at radius 1 is 0.432 bits per heavy atom. The van der Waals surface area contributed by atoms with Gasteiger partial charge in [-0.05, 0) is 39.8 Å². The third kappa shape index (κ3) is 3.85. The molecule has 0 saturated heterocycles. The monoisotopic (exact) mass is 563 g/mol. The van der Waals surface area contributed by atoms with E-state index in [4.69, 9.17) is 9.52 Å². The van der Waals surface area contributed by atoms with Crippen LogP contribution < -0.4 is 0 Å². The molecule has 44 heavy (non-hydrogen) atoms. The molecule has 0 spiro atoms. The number of rotatable bonds is 4. The number of furan rings is 1. The fraction of sp³-hybridized carbons (Fsp3) is 0. The number of nitrogens with zero attached hydrogens (tertiary/aromatic N) is 3. The van der Waals surface area contributed by atoms with Crippen molar-refractivity contribution < 1.29 is 4.42 Å². The van der Waals surface area contributed by atoms with Crippen molar-refractivity contribution in [2.24, 2.45) is 0 Å². The van der Waals surface area contributed by atoms with E-state index in [-0.39, 0.29) is 0 Å². The fourth-order valence-corrected chi connectivity index (χ4v) is 6.41. The second-order valence-electron chi connectivity index (χ2n) is 11.1.